The number of pyridine rings is 1. The number of aromatic nitrogens is 2. The van der Waals surface area contributed by atoms with Crippen molar-refractivity contribution in [2.45, 2.75) is 20.3 Å². The molecule has 0 aromatic carbocycles. The second-order valence-corrected chi connectivity index (χ2v) is 8.74. The fourth-order valence-electron chi connectivity index (χ4n) is 2.86. The number of nitrogens with one attached hydrogen (secondary N) is 1. The third kappa shape index (κ3) is 4.85. The van der Waals surface area contributed by atoms with Crippen LogP contribution in [0, 0.1) is 5.92 Å². The first-order chi connectivity index (χ1) is 13.9. The van der Waals surface area contributed by atoms with Gasteiger partial charge >= 0.3 is 0 Å². The van der Waals surface area contributed by atoms with Gasteiger partial charge in [-0.15, -0.1) is 0 Å². The molecule has 2 aromatic heterocycles. The molecule has 7 nitrogen and oxygen atoms in total. The van der Waals surface area contributed by atoms with E-state index in [-0.39, 0.29) is 11.5 Å². The van der Waals surface area contributed by atoms with Crippen LogP contribution in [0.3, 0.4) is 0 Å². The summed E-state index contributed by atoms with van der Waals surface area (Å²) in [6.07, 6.45) is 3.97. The van der Waals surface area contributed by atoms with Gasteiger partial charge in [0.25, 0.3) is 11.5 Å². The van der Waals surface area contributed by atoms with Gasteiger partial charge in [0.15, 0.2) is 0 Å². The van der Waals surface area contributed by atoms with E-state index >= 15 is 0 Å². The van der Waals surface area contributed by atoms with Crippen LogP contribution in [0.15, 0.2) is 34.1 Å². The second kappa shape index (κ2) is 9.51. The van der Waals surface area contributed by atoms with Crippen molar-refractivity contribution in [3.05, 3.63) is 45.2 Å². The largest absolute Gasteiger partial charge is 0.385 e. The Morgan fingerprint density at radius 2 is 2.14 bits per heavy atom. The van der Waals surface area contributed by atoms with Crippen molar-refractivity contribution < 1.29 is 9.53 Å². The molecule has 29 heavy (non-hydrogen) atoms. The summed E-state index contributed by atoms with van der Waals surface area (Å²) in [4.78, 5) is 32.5. The number of carbonyl (C=O) groups excluding carboxylic acids is 1. The highest BCUT2D eigenvalue weighted by Crippen LogP contribution is 2.33. The molecule has 0 aliphatic carbocycles. The number of nitrogens with zero attached hydrogens (tertiary/aromatic N) is 3. The van der Waals surface area contributed by atoms with Crippen molar-refractivity contribution in [3.63, 3.8) is 0 Å². The fraction of sp³-hybridized carbons (Fsp3) is 0.400. The summed E-state index contributed by atoms with van der Waals surface area (Å²) in [5, 5.41) is 3.25. The Labute approximate surface area is 179 Å². The molecule has 0 unspecified atom stereocenters. The quantitative estimate of drug-likeness (QED) is 0.390. The number of fused-ring (bicyclic) bond motifs is 1. The zero-order valence-electron chi connectivity index (χ0n) is 16.7. The molecule has 1 fully saturated rings. The molecule has 9 heteroatoms. The summed E-state index contributed by atoms with van der Waals surface area (Å²) in [6.45, 7) is 5.85. The molecule has 2 aromatic rings. The first-order valence-corrected chi connectivity index (χ1v) is 10.6. The van der Waals surface area contributed by atoms with Crippen molar-refractivity contribution >= 4 is 51.7 Å². The van der Waals surface area contributed by atoms with Gasteiger partial charge in [0, 0.05) is 33.0 Å². The summed E-state index contributed by atoms with van der Waals surface area (Å²) >= 11 is 6.57. The van der Waals surface area contributed by atoms with Crippen LogP contribution in [0.5, 0.6) is 0 Å². The number of carbonyl (C=O) groups is 1. The molecular formula is C20H24N4O3S2. The van der Waals surface area contributed by atoms with Crippen molar-refractivity contribution in [3.8, 4) is 0 Å². The van der Waals surface area contributed by atoms with Gasteiger partial charge in [-0.2, -0.15) is 0 Å². The van der Waals surface area contributed by atoms with E-state index in [1.165, 1.54) is 16.2 Å². The van der Waals surface area contributed by atoms with Crippen LogP contribution < -0.4 is 10.9 Å². The topological polar surface area (TPSA) is 75.9 Å². The molecule has 0 radical (unpaired) electrons. The summed E-state index contributed by atoms with van der Waals surface area (Å²) < 4.78 is 7.02. The van der Waals surface area contributed by atoms with E-state index < -0.39 is 0 Å². The van der Waals surface area contributed by atoms with Gasteiger partial charge in [0.2, 0.25) is 0 Å². The molecular weight excluding hydrogens is 408 g/mol. The number of thiocarbonyl (C=S) groups is 1. The van der Waals surface area contributed by atoms with E-state index in [1.807, 2.05) is 6.07 Å². The number of amides is 1. The minimum Gasteiger partial charge on any atom is -0.385 e. The van der Waals surface area contributed by atoms with Crippen LogP contribution in [0.2, 0.25) is 0 Å². The van der Waals surface area contributed by atoms with Gasteiger partial charge in [-0.05, 0) is 30.5 Å². The van der Waals surface area contributed by atoms with Crippen LogP contribution in [-0.2, 0) is 9.53 Å². The van der Waals surface area contributed by atoms with Crippen molar-refractivity contribution in [2.24, 2.45) is 5.92 Å². The minimum atomic E-state index is -0.230. The molecule has 1 N–H and O–H groups in total. The lowest BCUT2D eigenvalue weighted by molar-refractivity contribution is -0.122. The number of rotatable bonds is 8. The number of thioether (sulfide) groups is 1. The Morgan fingerprint density at radius 1 is 1.34 bits per heavy atom. The summed E-state index contributed by atoms with van der Waals surface area (Å²) in [5.41, 5.74) is 0.672. The second-order valence-electron chi connectivity index (χ2n) is 7.06. The lowest BCUT2D eigenvalue weighted by Crippen LogP contribution is -2.29. The third-order valence-electron chi connectivity index (χ3n) is 4.33. The van der Waals surface area contributed by atoms with Crippen LogP contribution in [0.1, 0.15) is 25.8 Å². The molecule has 154 valence electrons. The molecule has 1 aliphatic heterocycles. The maximum absolute atomic E-state index is 13.1. The Bertz CT molecular complexity index is 1020. The van der Waals surface area contributed by atoms with E-state index in [9.17, 15) is 9.59 Å². The van der Waals surface area contributed by atoms with Crippen molar-refractivity contribution in [2.75, 3.05) is 32.1 Å². The zero-order valence-corrected chi connectivity index (χ0v) is 18.3. The molecule has 0 spiro atoms. The monoisotopic (exact) mass is 432 g/mol. The van der Waals surface area contributed by atoms with Crippen LogP contribution >= 0.6 is 24.0 Å². The normalized spacial score (nSPS) is 15.9. The van der Waals surface area contributed by atoms with Gasteiger partial charge in [-0.1, -0.05) is 43.9 Å². The molecule has 3 rings (SSSR count). The maximum Gasteiger partial charge on any atom is 0.267 e. The fourth-order valence-corrected chi connectivity index (χ4v) is 4.15. The average molecular weight is 433 g/mol. The Morgan fingerprint density at radius 3 is 2.86 bits per heavy atom. The predicted octanol–water partition coefficient (Wildman–Crippen LogP) is 3.00. The van der Waals surface area contributed by atoms with E-state index in [2.05, 4.69) is 24.1 Å². The SMILES string of the molecule is COCCCN1C(=O)/C(=C/c2c(NCC(C)C)nc3ccccn3c2=O)SC1=S. The minimum absolute atomic E-state index is 0.191. The Kier molecular flexibility index (Phi) is 7.05. The van der Waals surface area contributed by atoms with Gasteiger partial charge < -0.3 is 10.1 Å². The van der Waals surface area contributed by atoms with Crippen molar-refractivity contribution in [1.29, 1.82) is 0 Å². The number of methoxy groups -OCH3 is 1. The molecule has 1 saturated heterocycles. The predicted molar refractivity (Wildman–Crippen MR) is 121 cm³/mol. The summed E-state index contributed by atoms with van der Waals surface area (Å²) in [7, 11) is 1.62. The van der Waals surface area contributed by atoms with Crippen LogP contribution in [0.4, 0.5) is 5.82 Å². The Balaban J connectivity index is 2.00. The van der Waals surface area contributed by atoms with Gasteiger partial charge in [-0.25, -0.2) is 4.98 Å². The molecule has 0 saturated carbocycles. The number of hydrogen-bond donors (Lipinski definition) is 1. The third-order valence-corrected chi connectivity index (χ3v) is 5.70. The highest BCUT2D eigenvalue weighted by atomic mass is 32.2. The molecule has 0 atom stereocenters. The highest BCUT2D eigenvalue weighted by molar-refractivity contribution is 8.26. The zero-order chi connectivity index (χ0) is 21.0. The Hall–Kier alpha value is -2.23. The van der Waals surface area contributed by atoms with Gasteiger partial charge in [-0.3, -0.25) is 18.9 Å². The molecule has 3 heterocycles. The van der Waals surface area contributed by atoms with Gasteiger partial charge in [0.05, 0.1) is 10.5 Å². The number of anilines is 1. The summed E-state index contributed by atoms with van der Waals surface area (Å²) in [6, 6.07) is 5.39. The molecule has 0 bridgehead atoms. The van der Waals surface area contributed by atoms with E-state index in [0.717, 1.165) is 0 Å². The van der Waals surface area contributed by atoms with Crippen LogP contribution in [0.25, 0.3) is 11.7 Å². The standard InChI is InChI=1S/C20H24N4O3S2/c1-13(2)12-21-17-14(18(25)23-8-5-4-7-16(23)22-17)11-15-19(26)24(20(28)29-15)9-6-10-27-3/h4-5,7-8,11,13,21H,6,9-10,12H2,1-3H3/b15-11-. The molecule has 1 amide bonds. The lowest BCUT2D eigenvalue weighted by Gasteiger charge is -2.14. The maximum atomic E-state index is 13.1. The average Bonchev–Trinajstić information content (AvgIpc) is 2.96. The first kappa shape index (κ1) is 21.5. The first-order valence-electron chi connectivity index (χ1n) is 9.42. The van der Waals surface area contributed by atoms with E-state index in [1.54, 1.807) is 36.4 Å². The highest BCUT2D eigenvalue weighted by Gasteiger charge is 2.32. The summed E-state index contributed by atoms with van der Waals surface area (Å²) in [5.74, 6) is 0.654. The lowest BCUT2D eigenvalue weighted by atomic mass is 10.2. The molecule has 1 aliphatic rings. The smallest absolute Gasteiger partial charge is 0.267 e. The van der Waals surface area contributed by atoms with E-state index in [0.29, 0.717) is 58.3 Å². The number of hydrogen-bond acceptors (Lipinski definition) is 7. The van der Waals surface area contributed by atoms with Crippen molar-refractivity contribution in [1.82, 2.24) is 14.3 Å². The van der Waals surface area contributed by atoms with E-state index in [4.69, 9.17) is 17.0 Å². The van der Waals surface area contributed by atoms with Gasteiger partial charge in [0.1, 0.15) is 15.8 Å². The van der Waals surface area contributed by atoms with Crippen LogP contribution in [-0.4, -0.2) is 51.3 Å². The number of ether oxygens (including phenoxy) is 1.